The van der Waals surface area contributed by atoms with Crippen molar-refractivity contribution in [1.82, 2.24) is 15.2 Å². The lowest BCUT2D eigenvalue weighted by atomic mass is 10.1. The molecule has 2 aromatic heterocycles. The number of likely N-dealkylation sites (N-methyl/N-ethyl adjacent to an activating group) is 1. The highest BCUT2D eigenvalue weighted by Gasteiger charge is 2.14. The van der Waals surface area contributed by atoms with Crippen LogP contribution in [0.15, 0.2) is 35.2 Å². The summed E-state index contributed by atoms with van der Waals surface area (Å²) in [6.45, 7) is 3.27. The normalized spacial score (nSPS) is 12.2. The summed E-state index contributed by atoms with van der Waals surface area (Å²) in [4.78, 5) is 18.2. The Bertz CT molecular complexity index is 581. The maximum Gasteiger partial charge on any atom is 0.252 e. The Hall–Kier alpha value is -1.92. The molecule has 1 atom stereocenters. The number of amides is 1. The van der Waals surface area contributed by atoms with Crippen LogP contribution in [-0.2, 0) is 0 Å². The molecule has 2 N–H and O–H groups in total. The molecule has 2 aromatic rings. The molecule has 0 aliphatic rings. The molecule has 0 radical (unpaired) electrons. The summed E-state index contributed by atoms with van der Waals surface area (Å²) in [5, 5.41) is 10.3. The van der Waals surface area contributed by atoms with Crippen LogP contribution in [0.5, 0.6) is 0 Å². The van der Waals surface area contributed by atoms with Gasteiger partial charge in [-0.3, -0.25) is 4.79 Å². The van der Waals surface area contributed by atoms with Crippen molar-refractivity contribution in [2.75, 3.05) is 32.5 Å². The summed E-state index contributed by atoms with van der Waals surface area (Å²) in [6, 6.07) is 6.06. The fourth-order valence-corrected chi connectivity index (χ4v) is 2.87. The zero-order valence-electron chi connectivity index (χ0n) is 13.2. The second-order valence-electron chi connectivity index (χ2n) is 5.21. The number of carbonyl (C=O) groups is 1. The molecule has 118 valence electrons. The minimum absolute atomic E-state index is 0.0917. The van der Waals surface area contributed by atoms with Gasteiger partial charge in [0.2, 0.25) is 0 Å². The molecule has 2 rings (SSSR count). The number of hydrogen-bond donors (Lipinski definition) is 2. The monoisotopic (exact) mass is 318 g/mol. The molecule has 0 aromatic carbocycles. The highest BCUT2D eigenvalue weighted by molar-refractivity contribution is 7.07. The molecule has 0 aliphatic heterocycles. The summed E-state index contributed by atoms with van der Waals surface area (Å²) in [5.41, 5.74) is 1.87. The van der Waals surface area contributed by atoms with Crippen LogP contribution in [0.1, 0.15) is 28.9 Å². The maximum atomic E-state index is 11.7. The number of nitrogens with one attached hydrogen (secondary N) is 2. The SMILES string of the molecule is CCNC(=O)c1ccc(NC[C@@H](c2ccsc2)N(C)C)nc1. The Kier molecular flexibility index (Phi) is 5.91. The first kappa shape index (κ1) is 16.5. The van der Waals surface area contributed by atoms with E-state index in [1.807, 2.05) is 13.0 Å². The van der Waals surface area contributed by atoms with Gasteiger partial charge in [0.1, 0.15) is 5.82 Å². The molecule has 22 heavy (non-hydrogen) atoms. The first-order valence-corrected chi connectivity index (χ1v) is 8.22. The van der Waals surface area contributed by atoms with Crippen LogP contribution in [0.3, 0.4) is 0 Å². The molecule has 0 unspecified atom stereocenters. The standard InChI is InChI=1S/C16H22N4OS/c1-4-17-16(21)12-5-6-15(18-9-12)19-10-14(20(2)3)13-7-8-22-11-13/h5-9,11,14H,4,10H2,1-3H3,(H,17,21)(H,18,19)/t14-/m0/s1. The van der Waals surface area contributed by atoms with Crippen molar-refractivity contribution in [2.45, 2.75) is 13.0 Å². The third-order valence-electron chi connectivity index (χ3n) is 3.39. The Morgan fingerprint density at radius 1 is 1.36 bits per heavy atom. The fraction of sp³-hybridized carbons (Fsp3) is 0.375. The van der Waals surface area contributed by atoms with Gasteiger partial charge in [0, 0.05) is 19.3 Å². The average molecular weight is 318 g/mol. The second kappa shape index (κ2) is 7.91. The van der Waals surface area contributed by atoms with Crippen LogP contribution >= 0.6 is 11.3 Å². The zero-order chi connectivity index (χ0) is 15.9. The van der Waals surface area contributed by atoms with Gasteiger partial charge in [-0.15, -0.1) is 0 Å². The number of nitrogens with zero attached hydrogens (tertiary/aromatic N) is 2. The van der Waals surface area contributed by atoms with Crippen molar-refractivity contribution in [3.8, 4) is 0 Å². The van der Waals surface area contributed by atoms with Gasteiger partial charge < -0.3 is 15.5 Å². The Labute approximate surface area is 135 Å². The molecule has 0 saturated carbocycles. The van der Waals surface area contributed by atoms with Gasteiger partial charge >= 0.3 is 0 Å². The van der Waals surface area contributed by atoms with Gasteiger partial charge in [-0.1, -0.05) is 0 Å². The summed E-state index contributed by atoms with van der Waals surface area (Å²) < 4.78 is 0. The van der Waals surface area contributed by atoms with Crippen LogP contribution in [0.4, 0.5) is 5.82 Å². The molecule has 2 heterocycles. The third kappa shape index (κ3) is 4.29. The summed E-state index contributed by atoms with van der Waals surface area (Å²) in [7, 11) is 4.13. The molecule has 0 fully saturated rings. The van der Waals surface area contributed by atoms with E-state index >= 15 is 0 Å². The fourth-order valence-electron chi connectivity index (χ4n) is 2.16. The van der Waals surface area contributed by atoms with Crippen molar-refractivity contribution in [3.05, 3.63) is 46.3 Å². The summed E-state index contributed by atoms with van der Waals surface area (Å²) in [6.07, 6.45) is 1.60. The van der Waals surface area contributed by atoms with Crippen molar-refractivity contribution in [1.29, 1.82) is 0 Å². The van der Waals surface area contributed by atoms with Crippen LogP contribution in [0.25, 0.3) is 0 Å². The van der Waals surface area contributed by atoms with Gasteiger partial charge in [0.05, 0.1) is 11.6 Å². The Balaban J connectivity index is 1.97. The Morgan fingerprint density at radius 3 is 2.73 bits per heavy atom. The highest BCUT2D eigenvalue weighted by atomic mass is 32.1. The molecule has 0 aliphatic carbocycles. The summed E-state index contributed by atoms with van der Waals surface area (Å²) >= 11 is 1.70. The van der Waals surface area contributed by atoms with E-state index < -0.39 is 0 Å². The van der Waals surface area contributed by atoms with Gasteiger partial charge in [0.15, 0.2) is 0 Å². The minimum atomic E-state index is -0.0917. The average Bonchev–Trinajstić information content (AvgIpc) is 3.02. The highest BCUT2D eigenvalue weighted by Crippen LogP contribution is 2.21. The predicted octanol–water partition coefficient (Wildman–Crippen LogP) is 2.61. The number of anilines is 1. The van der Waals surface area contributed by atoms with Crippen molar-refractivity contribution in [3.63, 3.8) is 0 Å². The molecule has 0 bridgehead atoms. The van der Waals surface area contributed by atoms with E-state index in [2.05, 4.69) is 51.4 Å². The molecule has 0 saturated heterocycles. The van der Waals surface area contributed by atoms with E-state index in [1.54, 1.807) is 23.6 Å². The number of pyridine rings is 1. The van der Waals surface area contributed by atoms with Crippen LogP contribution < -0.4 is 10.6 Å². The van der Waals surface area contributed by atoms with Crippen molar-refractivity contribution < 1.29 is 4.79 Å². The zero-order valence-corrected chi connectivity index (χ0v) is 14.0. The van der Waals surface area contributed by atoms with Gasteiger partial charge in [-0.2, -0.15) is 11.3 Å². The van der Waals surface area contributed by atoms with E-state index in [0.29, 0.717) is 12.1 Å². The number of hydrogen-bond acceptors (Lipinski definition) is 5. The molecule has 6 heteroatoms. The molecular weight excluding hydrogens is 296 g/mol. The minimum Gasteiger partial charge on any atom is -0.368 e. The van der Waals surface area contributed by atoms with E-state index in [1.165, 1.54) is 5.56 Å². The molecule has 5 nitrogen and oxygen atoms in total. The number of aromatic nitrogens is 1. The van der Waals surface area contributed by atoms with Gasteiger partial charge in [-0.25, -0.2) is 4.98 Å². The first-order chi connectivity index (χ1) is 10.6. The van der Waals surface area contributed by atoms with Crippen LogP contribution in [0.2, 0.25) is 0 Å². The molecular formula is C16H22N4OS. The van der Waals surface area contributed by atoms with E-state index in [9.17, 15) is 4.79 Å². The smallest absolute Gasteiger partial charge is 0.252 e. The second-order valence-corrected chi connectivity index (χ2v) is 5.99. The predicted molar refractivity (Wildman–Crippen MR) is 91.5 cm³/mol. The third-order valence-corrected chi connectivity index (χ3v) is 4.09. The largest absolute Gasteiger partial charge is 0.368 e. The van der Waals surface area contributed by atoms with Crippen LogP contribution in [0, 0.1) is 0 Å². The van der Waals surface area contributed by atoms with E-state index in [0.717, 1.165) is 12.4 Å². The topological polar surface area (TPSA) is 57.3 Å². The number of carbonyl (C=O) groups excluding carboxylic acids is 1. The number of thiophene rings is 1. The number of rotatable bonds is 7. The quantitative estimate of drug-likeness (QED) is 0.824. The van der Waals surface area contributed by atoms with E-state index in [-0.39, 0.29) is 11.9 Å². The van der Waals surface area contributed by atoms with E-state index in [4.69, 9.17) is 0 Å². The molecule has 1 amide bonds. The first-order valence-electron chi connectivity index (χ1n) is 7.28. The lowest BCUT2D eigenvalue weighted by Gasteiger charge is -2.24. The van der Waals surface area contributed by atoms with Crippen molar-refractivity contribution in [2.24, 2.45) is 0 Å². The summed E-state index contributed by atoms with van der Waals surface area (Å²) in [5.74, 6) is 0.682. The lowest BCUT2D eigenvalue weighted by molar-refractivity contribution is 0.0955. The van der Waals surface area contributed by atoms with Crippen LogP contribution in [-0.4, -0.2) is 43.0 Å². The van der Waals surface area contributed by atoms with Gasteiger partial charge in [-0.05, 0) is 55.5 Å². The van der Waals surface area contributed by atoms with Gasteiger partial charge in [0.25, 0.3) is 5.91 Å². The maximum absolute atomic E-state index is 11.7. The molecule has 0 spiro atoms. The lowest BCUT2D eigenvalue weighted by Crippen LogP contribution is -2.26. The Morgan fingerprint density at radius 2 is 2.18 bits per heavy atom. The van der Waals surface area contributed by atoms with Crippen molar-refractivity contribution >= 4 is 23.1 Å².